The second kappa shape index (κ2) is 7.84. The lowest BCUT2D eigenvalue weighted by Gasteiger charge is -2.19. The highest BCUT2D eigenvalue weighted by Crippen LogP contribution is 2.19. The maximum Gasteiger partial charge on any atom is 0.177 e. The molecule has 2 aromatic carbocycles. The smallest absolute Gasteiger partial charge is 0.177 e. The van der Waals surface area contributed by atoms with Crippen LogP contribution in [0.15, 0.2) is 54.6 Å². The number of aliphatic hydroxyl groups excluding tert-OH is 2. The molecule has 0 amide bonds. The second-order valence-corrected chi connectivity index (χ2v) is 5.29. The van der Waals surface area contributed by atoms with Gasteiger partial charge in [-0.2, -0.15) is 0 Å². The van der Waals surface area contributed by atoms with E-state index in [1.165, 1.54) is 6.92 Å². The number of ketones is 1. The highest BCUT2D eigenvalue weighted by atomic mass is 16.3. The van der Waals surface area contributed by atoms with E-state index in [1.54, 1.807) is 0 Å². The molecule has 4 nitrogen and oxygen atoms in total. The summed E-state index contributed by atoms with van der Waals surface area (Å²) in [7, 11) is 0. The fourth-order valence-corrected chi connectivity index (χ4v) is 2.33. The maximum atomic E-state index is 11.5. The van der Waals surface area contributed by atoms with Crippen LogP contribution in [0.3, 0.4) is 0 Å². The molecule has 4 heteroatoms. The Balaban J connectivity index is 2.01. The van der Waals surface area contributed by atoms with Crippen LogP contribution in [0.2, 0.25) is 0 Å². The summed E-state index contributed by atoms with van der Waals surface area (Å²) in [5.74, 6) is -0.407. The zero-order valence-electron chi connectivity index (χ0n) is 12.6. The van der Waals surface area contributed by atoms with Crippen molar-refractivity contribution in [1.82, 2.24) is 5.32 Å². The molecule has 0 radical (unpaired) electrons. The van der Waals surface area contributed by atoms with Gasteiger partial charge in [-0.25, -0.2) is 0 Å². The molecule has 2 atom stereocenters. The van der Waals surface area contributed by atoms with Gasteiger partial charge in [0.2, 0.25) is 0 Å². The number of hydrogen-bond donors (Lipinski definition) is 3. The van der Waals surface area contributed by atoms with Crippen LogP contribution >= 0.6 is 0 Å². The summed E-state index contributed by atoms with van der Waals surface area (Å²) >= 11 is 0. The minimum atomic E-state index is -0.844. The Labute approximate surface area is 130 Å². The molecule has 0 heterocycles. The number of aliphatic hydroxyl groups is 2. The topological polar surface area (TPSA) is 69.6 Å². The van der Waals surface area contributed by atoms with Crippen LogP contribution in [0, 0.1) is 0 Å². The predicted molar refractivity (Wildman–Crippen MR) is 86.3 cm³/mol. The third kappa shape index (κ3) is 4.24. The number of benzene rings is 2. The Hall–Kier alpha value is -2.01. The Morgan fingerprint density at radius 1 is 1.05 bits per heavy atom. The third-order valence-corrected chi connectivity index (χ3v) is 3.57. The molecule has 0 spiro atoms. The van der Waals surface area contributed by atoms with Gasteiger partial charge in [-0.05, 0) is 23.6 Å². The van der Waals surface area contributed by atoms with Gasteiger partial charge >= 0.3 is 0 Å². The summed E-state index contributed by atoms with van der Waals surface area (Å²) in [6.07, 6.45) is -0.844. The van der Waals surface area contributed by atoms with Crippen LogP contribution in [0.4, 0.5) is 0 Å². The highest BCUT2D eigenvalue weighted by molar-refractivity contribution is 5.85. The Morgan fingerprint density at radius 3 is 2.18 bits per heavy atom. The van der Waals surface area contributed by atoms with E-state index in [1.807, 2.05) is 42.5 Å². The molecule has 0 bridgehead atoms. The van der Waals surface area contributed by atoms with E-state index in [0.717, 1.165) is 16.7 Å². The van der Waals surface area contributed by atoms with Gasteiger partial charge in [0.05, 0.1) is 12.1 Å². The molecule has 0 saturated carbocycles. The first kappa shape index (κ1) is 16.4. The average Bonchev–Trinajstić information content (AvgIpc) is 2.56. The summed E-state index contributed by atoms with van der Waals surface area (Å²) in [5.41, 5.74) is 3.29. The second-order valence-electron chi connectivity index (χ2n) is 5.29. The molecule has 0 aliphatic carbocycles. The van der Waals surface area contributed by atoms with Crippen molar-refractivity contribution in [2.45, 2.75) is 25.6 Å². The van der Waals surface area contributed by atoms with E-state index in [2.05, 4.69) is 17.4 Å². The van der Waals surface area contributed by atoms with E-state index in [9.17, 15) is 9.90 Å². The van der Waals surface area contributed by atoms with Gasteiger partial charge in [0, 0.05) is 6.54 Å². The molecular formula is C18H21NO3. The van der Waals surface area contributed by atoms with Crippen molar-refractivity contribution in [3.8, 4) is 11.1 Å². The Morgan fingerprint density at radius 2 is 1.64 bits per heavy atom. The lowest BCUT2D eigenvalue weighted by atomic mass is 10.0. The summed E-state index contributed by atoms with van der Waals surface area (Å²) in [6, 6.07) is 17.4. The number of nitrogens with one attached hydrogen (secondary N) is 1. The number of carbonyl (C=O) groups excluding carboxylic acids is 1. The highest BCUT2D eigenvalue weighted by Gasteiger charge is 2.21. The summed E-state index contributed by atoms with van der Waals surface area (Å²) in [4.78, 5) is 11.5. The van der Waals surface area contributed by atoms with Crippen molar-refractivity contribution in [2.24, 2.45) is 0 Å². The standard InChI is InChI=1S/C18H21NO3/c1-13(21)18(17(22)12-20)19-11-14-7-9-16(10-8-14)15-5-3-2-4-6-15/h2-10,13,18-21H,11-12H2,1H3/t13-,18-/m1/s1. The first-order chi connectivity index (χ1) is 10.6. The lowest BCUT2D eigenvalue weighted by molar-refractivity contribution is -0.126. The van der Waals surface area contributed by atoms with E-state index in [-0.39, 0.29) is 0 Å². The molecule has 3 N–H and O–H groups in total. The zero-order valence-corrected chi connectivity index (χ0v) is 12.6. The molecule has 0 saturated heterocycles. The fraction of sp³-hybridized carbons (Fsp3) is 0.278. The Kier molecular flexibility index (Phi) is 5.83. The third-order valence-electron chi connectivity index (χ3n) is 3.57. The first-order valence-electron chi connectivity index (χ1n) is 7.31. The van der Waals surface area contributed by atoms with E-state index >= 15 is 0 Å². The molecule has 0 aromatic heterocycles. The largest absolute Gasteiger partial charge is 0.391 e. The molecule has 2 rings (SSSR count). The van der Waals surface area contributed by atoms with Crippen molar-refractivity contribution in [1.29, 1.82) is 0 Å². The SMILES string of the molecule is C[C@@H](O)[C@@H](NCc1ccc(-c2ccccc2)cc1)C(=O)CO. The molecule has 116 valence electrons. The minimum Gasteiger partial charge on any atom is -0.391 e. The van der Waals surface area contributed by atoms with Crippen molar-refractivity contribution in [3.63, 3.8) is 0 Å². The number of carbonyl (C=O) groups is 1. The quantitative estimate of drug-likeness (QED) is 0.728. The molecule has 0 fully saturated rings. The molecule has 0 aliphatic rings. The lowest BCUT2D eigenvalue weighted by Crippen LogP contribution is -2.45. The molecule has 0 aliphatic heterocycles. The van der Waals surface area contributed by atoms with Crippen molar-refractivity contribution >= 4 is 5.78 Å². The Bertz CT molecular complexity index is 593. The number of rotatable bonds is 7. The maximum absolute atomic E-state index is 11.5. The van der Waals surface area contributed by atoms with Gasteiger partial charge in [-0.1, -0.05) is 54.6 Å². The van der Waals surface area contributed by atoms with Crippen LogP contribution in [-0.4, -0.2) is 34.7 Å². The van der Waals surface area contributed by atoms with Crippen LogP contribution < -0.4 is 5.32 Å². The van der Waals surface area contributed by atoms with Crippen molar-refractivity contribution in [3.05, 3.63) is 60.2 Å². The minimum absolute atomic E-state index is 0.407. The average molecular weight is 299 g/mol. The summed E-state index contributed by atoms with van der Waals surface area (Å²) in [6.45, 7) is 1.41. The molecule has 22 heavy (non-hydrogen) atoms. The van der Waals surface area contributed by atoms with E-state index in [0.29, 0.717) is 6.54 Å². The molecule has 2 aromatic rings. The van der Waals surface area contributed by atoms with Crippen LogP contribution in [0.1, 0.15) is 12.5 Å². The van der Waals surface area contributed by atoms with E-state index in [4.69, 9.17) is 5.11 Å². The molecular weight excluding hydrogens is 278 g/mol. The van der Waals surface area contributed by atoms with Gasteiger partial charge in [-0.15, -0.1) is 0 Å². The molecule has 0 unspecified atom stereocenters. The van der Waals surface area contributed by atoms with Crippen molar-refractivity contribution in [2.75, 3.05) is 6.61 Å². The number of hydrogen-bond acceptors (Lipinski definition) is 4. The zero-order chi connectivity index (χ0) is 15.9. The van der Waals surface area contributed by atoms with Crippen LogP contribution in [-0.2, 0) is 11.3 Å². The fourth-order valence-electron chi connectivity index (χ4n) is 2.33. The van der Waals surface area contributed by atoms with Gasteiger partial charge in [0.25, 0.3) is 0 Å². The van der Waals surface area contributed by atoms with Crippen LogP contribution in [0.25, 0.3) is 11.1 Å². The van der Waals surface area contributed by atoms with Gasteiger partial charge in [-0.3, -0.25) is 4.79 Å². The van der Waals surface area contributed by atoms with Gasteiger partial charge in [0.15, 0.2) is 5.78 Å². The first-order valence-corrected chi connectivity index (χ1v) is 7.31. The monoisotopic (exact) mass is 299 g/mol. The normalized spacial score (nSPS) is 13.6. The van der Waals surface area contributed by atoms with Gasteiger partial charge in [0.1, 0.15) is 6.61 Å². The van der Waals surface area contributed by atoms with E-state index < -0.39 is 24.5 Å². The summed E-state index contributed by atoms with van der Waals surface area (Å²) < 4.78 is 0. The summed E-state index contributed by atoms with van der Waals surface area (Å²) in [5, 5.41) is 21.5. The van der Waals surface area contributed by atoms with Crippen molar-refractivity contribution < 1.29 is 15.0 Å². The van der Waals surface area contributed by atoms with Crippen LogP contribution in [0.5, 0.6) is 0 Å². The van der Waals surface area contributed by atoms with Gasteiger partial charge < -0.3 is 15.5 Å². The number of Topliss-reactive ketones (excluding diaryl/α,β-unsaturated/α-hetero) is 1. The predicted octanol–water partition coefficient (Wildman–Crippen LogP) is 1.75.